The minimum atomic E-state index is -1.15. The van der Waals surface area contributed by atoms with Gasteiger partial charge >= 0.3 is 5.97 Å². The molecule has 186 valence electrons. The van der Waals surface area contributed by atoms with Gasteiger partial charge in [0, 0.05) is 57.3 Å². The average Bonchev–Trinajstić information content (AvgIpc) is 3.19. The molecule has 0 saturated carbocycles. The Bertz CT molecular complexity index is 1210. The Balaban J connectivity index is 1.65. The van der Waals surface area contributed by atoms with Gasteiger partial charge in [-0.1, -0.05) is 6.07 Å². The molecule has 9 heteroatoms. The van der Waals surface area contributed by atoms with Crippen LogP contribution in [0.1, 0.15) is 40.4 Å². The molecular weight excluding hydrogens is 446 g/mol. The number of fused-ring (bicyclic) bond motifs is 1. The van der Waals surface area contributed by atoms with Crippen molar-refractivity contribution in [1.82, 2.24) is 19.8 Å². The summed E-state index contributed by atoms with van der Waals surface area (Å²) in [5, 5.41) is 12.4. The van der Waals surface area contributed by atoms with Gasteiger partial charge < -0.3 is 20.1 Å². The molecule has 1 amide bonds. The van der Waals surface area contributed by atoms with Gasteiger partial charge in [0.25, 0.3) is 5.91 Å². The van der Waals surface area contributed by atoms with Crippen LogP contribution in [0.15, 0.2) is 36.4 Å². The Hall–Kier alpha value is -3.43. The van der Waals surface area contributed by atoms with Crippen LogP contribution in [-0.4, -0.2) is 83.9 Å². The highest BCUT2D eigenvalue weighted by molar-refractivity contribution is 6.13. The Morgan fingerprint density at radius 2 is 1.83 bits per heavy atom. The molecule has 0 aliphatic carbocycles. The van der Waals surface area contributed by atoms with Gasteiger partial charge in [0.05, 0.1) is 23.3 Å². The molecule has 0 atom stereocenters. The molecule has 0 spiro atoms. The summed E-state index contributed by atoms with van der Waals surface area (Å²) in [6, 6.07) is 11.5. The van der Waals surface area contributed by atoms with Gasteiger partial charge in [-0.2, -0.15) is 0 Å². The normalized spacial score (nSPS) is 14.4. The SMILES string of the molecule is CCNC(=O)c1c(C(=O)O)ccc2c1nc(C)n2-c1cccc(N2CCN(CCOCC)CC2)c1. The lowest BCUT2D eigenvalue weighted by molar-refractivity contribution is 0.0691. The maximum absolute atomic E-state index is 12.8. The van der Waals surface area contributed by atoms with Gasteiger partial charge in [0.2, 0.25) is 0 Å². The number of nitrogens with zero attached hydrogens (tertiary/aromatic N) is 4. The number of aryl methyl sites for hydroxylation is 1. The minimum absolute atomic E-state index is 0.0518. The number of aromatic nitrogens is 2. The molecule has 0 unspecified atom stereocenters. The van der Waals surface area contributed by atoms with Crippen molar-refractivity contribution in [2.75, 3.05) is 57.4 Å². The number of anilines is 1. The molecule has 35 heavy (non-hydrogen) atoms. The standard InChI is InChI=1S/C26H33N5O4/c1-4-27-25(32)23-21(26(33)34)9-10-22-24(23)28-18(3)31(22)20-8-6-7-19(17-20)30-13-11-29(12-14-30)15-16-35-5-2/h6-10,17H,4-5,11-16H2,1-3H3,(H,27,32)(H,33,34). The third-order valence-electron chi connectivity index (χ3n) is 6.37. The number of carbonyl (C=O) groups is 2. The summed E-state index contributed by atoms with van der Waals surface area (Å²) >= 11 is 0. The Morgan fingerprint density at radius 1 is 1.09 bits per heavy atom. The van der Waals surface area contributed by atoms with Crippen LogP contribution in [0, 0.1) is 6.92 Å². The van der Waals surface area contributed by atoms with E-state index >= 15 is 0 Å². The molecule has 1 aliphatic rings. The molecule has 1 aliphatic heterocycles. The first-order valence-electron chi connectivity index (χ1n) is 12.1. The highest BCUT2D eigenvalue weighted by Gasteiger charge is 2.24. The lowest BCUT2D eigenvalue weighted by Gasteiger charge is -2.36. The van der Waals surface area contributed by atoms with E-state index in [1.807, 2.05) is 30.5 Å². The molecule has 2 aromatic carbocycles. The zero-order valence-electron chi connectivity index (χ0n) is 20.6. The smallest absolute Gasteiger partial charge is 0.336 e. The highest BCUT2D eigenvalue weighted by Crippen LogP contribution is 2.29. The number of nitrogens with one attached hydrogen (secondary N) is 1. The monoisotopic (exact) mass is 479 g/mol. The number of rotatable bonds is 9. The maximum Gasteiger partial charge on any atom is 0.336 e. The van der Waals surface area contributed by atoms with E-state index in [4.69, 9.17) is 4.74 Å². The fourth-order valence-electron chi connectivity index (χ4n) is 4.64. The number of carbonyl (C=O) groups excluding carboxylic acids is 1. The summed E-state index contributed by atoms with van der Waals surface area (Å²) in [5.41, 5.74) is 3.18. The summed E-state index contributed by atoms with van der Waals surface area (Å²) in [4.78, 5) is 34.0. The number of hydrogen-bond acceptors (Lipinski definition) is 6. The molecule has 1 saturated heterocycles. The van der Waals surface area contributed by atoms with Gasteiger partial charge in [-0.05, 0) is 51.1 Å². The van der Waals surface area contributed by atoms with Crippen molar-refractivity contribution >= 4 is 28.6 Å². The van der Waals surface area contributed by atoms with E-state index < -0.39 is 11.9 Å². The Morgan fingerprint density at radius 3 is 2.51 bits per heavy atom. The molecule has 9 nitrogen and oxygen atoms in total. The lowest BCUT2D eigenvalue weighted by atomic mass is 10.0. The van der Waals surface area contributed by atoms with Crippen LogP contribution in [-0.2, 0) is 4.74 Å². The van der Waals surface area contributed by atoms with Crippen LogP contribution in [0.3, 0.4) is 0 Å². The van der Waals surface area contributed by atoms with Crippen molar-refractivity contribution in [2.24, 2.45) is 0 Å². The van der Waals surface area contributed by atoms with E-state index in [-0.39, 0.29) is 11.1 Å². The molecular formula is C26H33N5O4. The van der Waals surface area contributed by atoms with E-state index in [2.05, 4.69) is 32.2 Å². The molecule has 0 radical (unpaired) electrons. The van der Waals surface area contributed by atoms with E-state index in [9.17, 15) is 14.7 Å². The summed E-state index contributed by atoms with van der Waals surface area (Å²) in [6.07, 6.45) is 0. The number of carboxylic acid groups (broad SMARTS) is 1. The molecule has 0 bridgehead atoms. The third kappa shape index (κ3) is 5.16. The number of carboxylic acids is 1. The van der Waals surface area contributed by atoms with Gasteiger partial charge in [0.15, 0.2) is 0 Å². The number of imidazole rings is 1. The zero-order chi connectivity index (χ0) is 24.9. The second-order valence-electron chi connectivity index (χ2n) is 8.56. The number of ether oxygens (including phenoxy) is 1. The van der Waals surface area contributed by atoms with Crippen molar-refractivity contribution in [3.05, 3.63) is 53.3 Å². The molecule has 2 N–H and O–H groups in total. The molecule has 4 rings (SSSR count). The first kappa shape index (κ1) is 24.7. The average molecular weight is 480 g/mol. The fourth-order valence-corrected chi connectivity index (χ4v) is 4.64. The van der Waals surface area contributed by atoms with Crippen LogP contribution in [0.5, 0.6) is 0 Å². The topological polar surface area (TPSA) is 99.9 Å². The minimum Gasteiger partial charge on any atom is -0.478 e. The largest absolute Gasteiger partial charge is 0.478 e. The quantitative estimate of drug-likeness (QED) is 0.455. The summed E-state index contributed by atoms with van der Waals surface area (Å²) in [7, 11) is 0. The highest BCUT2D eigenvalue weighted by atomic mass is 16.5. The van der Waals surface area contributed by atoms with Gasteiger partial charge in [-0.25, -0.2) is 9.78 Å². The number of piperazine rings is 1. The second kappa shape index (κ2) is 10.9. The van der Waals surface area contributed by atoms with E-state index in [0.29, 0.717) is 23.4 Å². The number of amides is 1. The predicted molar refractivity (Wildman–Crippen MR) is 136 cm³/mol. The van der Waals surface area contributed by atoms with Gasteiger partial charge in [-0.3, -0.25) is 14.3 Å². The first-order chi connectivity index (χ1) is 16.9. The number of hydrogen-bond donors (Lipinski definition) is 2. The van der Waals surface area contributed by atoms with E-state index in [1.165, 1.54) is 6.07 Å². The Kier molecular flexibility index (Phi) is 7.67. The van der Waals surface area contributed by atoms with Crippen molar-refractivity contribution in [2.45, 2.75) is 20.8 Å². The Labute approximate surface area is 205 Å². The second-order valence-corrected chi connectivity index (χ2v) is 8.56. The molecule has 1 aromatic heterocycles. The van der Waals surface area contributed by atoms with Crippen LogP contribution >= 0.6 is 0 Å². The van der Waals surface area contributed by atoms with Crippen LogP contribution in [0.2, 0.25) is 0 Å². The molecule has 2 heterocycles. The maximum atomic E-state index is 12.8. The predicted octanol–water partition coefficient (Wildman–Crippen LogP) is 2.94. The van der Waals surface area contributed by atoms with Crippen LogP contribution < -0.4 is 10.2 Å². The van der Waals surface area contributed by atoms with Crippen molar-refractivity contribution in [1.29, 1.82) is 0 Å². The van der Waals surface area contributed by atoms with Crippen LogP contribution in [0.4, 0.5) is 5.69 Å². The third-order valence-corrected chi connectivity index (χ3v) is 6.37. The van der Waals surface area contributed by atoms with Crippen molar-refractivity contribution in [3.8, 4) is 5.69 Å². The van der Waals surface area contributed by atoms with Gasteiger partial charge in [0.1, 0.15) is 11.3 Å². The molecule has 3 aromatic rings. The summed E-state index contributed by atoms with van der Waals surface area (Å²) < 4.78 is 7.46. The lowest BCUT2D eigenvalue weighted by Crippen LogP contribution is -2.47. The summed E-state index contributed by atoms with van der Waals surface area (Å²) in [6.45, 7) is 12.4. The van der Waals surface area contributed by atoms with Crippen molar-refractivity contribution < 1.29 is 19.4 Å². The first-order valence-corrected chi connectivity index (χ1v) is 12.1. The van der Waals surface area contributed by atoms with E-state index in [1.54, 1.807) is 13.0 Å². The van der Waals surface area contributed by atoms with E-state index in [0.717, 1.165) is 57.3 Å². The number of aromatic carboxylic acids is 1. The number of benzene rings is 2. The molecule has 1 fully saturated rings. The van der Waals surface area contributed by atoms with Crippen LogP contribution in [0.25, 0.3) is 16.7 Å². The summed E-state index contributed by atoms with van der Waals surface area (Å²) in [5.74, 6) is -0.898. The van der Waals surface area contributed by atoms with Gasteiger partial charge in [-0.15, -0.1) is 0 Å². The zero-order valence-corrected chi connectivity index (χ0v) is 20.6. The fraction of sp³-hybridized carbons (Fsp3) is 0.423. The van der Waals surface area contributed by atoms with Crippen molar-refractivity contribution in [3.63, 3.8) is 0 Å².